The number of benzene rings is 4. The molecule has 4 aromatic rings. The molecule has 8 nitrogen and oxygen atoms in total. The van der Waals surface area contributed by atoms with Crippen molar-refractivity contribution in [3.8, 4) is 5.75 Å². The van der Waals surface area contributed by atoms with E-state index in [9.17, 15) is 18.0 Å². The van der Waals surface area contributed by atoms with Gasteiger partial charge in [0, 0.05) is 19.0 Å². The number of nitrogens with zero attached hydrogens (tertiary/aromatic N) is 2. The number of hydrogen-bond donors (Lipinski definition) is 1. The van der Waals surface area contributed by atoms with Gasteiger partial charge in [0.1, 0.15) is 18.3 Å². The van der Waals surface area contributed by atoms with Crippen LogP contribution in [0.3, 0.4) is 0 Å². The lowest BCUT2D eigenvalue weighted by molar-refractivity contribution is -0.140. The SMILES string of the molecule is COc1ccc(N(CC(=O)N(Cc2ccccc2C)C(Cc2ccccc2)C(=O)NC(C)C)S(=O)(=O)c2ccccc2)cc1Cl. The van der Waals surface area contributed by atoms with E-state index in [4.69, 9.17) is 16.3 Å². The summed E-state index contributed by atoms with van der Waals surface area (Å²) in [6.45, 7) is 5.16. The van der Waals surface area contributed by atoms with Gasteiger partial charge in [-0.1, -0.05) is 84.4 Å². The number of anilines is 1. The molecule has 0 saturated heterocycles. The number of carbonyl (C=O) groups excluding carboxylic acids is 2. The Kier molecular flexibility index (Phi) is 11.3. The molecule has 2 amide bonds. The molecule has 1 N–H and O–H groups in total. The minimum atomic E-state index is -4.24. The second-order valence-corrected chi connectivity index (χ2v) is 13.2. The molecule has 10 heteroatoms. The summed E-state index contributed by atoms with van der Waals surface area (Å²) in [6.07, 6.45) is 0.233. The maximum atomic E-state index is 14.5. The summed E-state index contributed by atoms with van der Waals surface area (Å²) in [4.78, 5) is 29.8. The molecule has 0 saturated carbocycles. The first-order chi connectivity index (χ1) is 21.5. The van der Waals surface area contributed by atoms with Gasteiger partial charge in [-0.2, -0.15) is 0 Å². The van der Waals surface area contributed by atoms with Gasteiger partial charge >= 0.3 is 0 Å². The maximum Gasteiger partial charge on any atom is 0.264 e. The van der Waals surface area contributed by atoms with Gasteiger partial charge in [-0.05, 0) is 67.8 Å². The zero-order valence-electron chi connectivity index (χ0n) is 25.8. The van der Waals surface area contributed by atoms with E-state index in [1.54, 1.807) is 24.3 Å². The van der Waals surface area contributed by atoms with E-state index in [0.717, 1.165) is 21.0 Å². The van der Waals surface area contributed by atoms with Crippen LogP contribution >= 0.6 is 11.6 Å². The van der Waals surface area contributed by atoms with Crippen molar-refractivity contribution in [2.24, 2.45) is 0 Å². The molecule has 0 aromatic heterocycles. The van der Waals surface area contributed by atoms with Gasteiger partial charge in [0.25, 0.3) is 10.0 Å². The molecule has 0 heterocycles. The first kappa shape index (κ1) is 33.6. The number of nitrogens with one attached hydrogen (secondary N) is 1. The third-order valence-corrected chi connectivity index (χ3v) is 9.42. The molecule has 0 fully saturated rings. The first-order valence-corrected chi connectivity index (χ1v) is 16.4. The van der Waals surface area contributed by atoms with Crippen LogP contribution in [-0.4, -0.2) is 50.9 Å². The van der Waals surface area contributed by atoms with Crippen LogP contribution in [-0.2, 0) is 32.6 Å². The highest BCUT2D eigenvalue weighted by atomic mass is 35.5. The fourth-order valence-electron chi connectivity index (χ4n) is 4.96. The molecule has 0 spiro atoms. The van der Waals surface area contributed by atoms with Crippen LogP contribution in [0.2, 0.25) is 5.02 Å². The molecular weight excluding hydrogens is 610 g/mol. The molecule has 45 heavy (non-hydrogen) atoms. The van der Waals surface area contributed by atoms with Crippen molar-refractivity contribution in [1.29, 1.82) is 0 Å². The second kappa shape index (κ2) is 15.1. The van der Waals surface area contributed by atoms with E-state index >= 15 is 0 Å². The van der Waals surface area contributed by atoms with Crippen molar-refractivity contribution in [1.82, 2.24) is 10.2 Å². The number of amides is 2. The third-order valence-electron chi connectivity index (χ3n) is 7.34. The van der Waals surface area contributed by atoms with E-state index in [1.165, 1.54) is 36.3 Å². The zero-order chi connectivity index (χ0) is 32.6. The molecular formula is C35H38ClN3O5S. The summed E-state index contributed by atoms with van der Waals surface area (Å²) in [5.74, 6) is -0.524. The highest BCUT2D eigenvalue weighted by Crippen LogP contribution is 2.32. The Morgan fingerprint density at radius 1 is 0.889 bits per heavy atom. The Bertz CT molecular complexity index is 1720. The maximum absolute atomic E-state index is 14.5. The lowest BCUT2D eigenvalue weighted by Gasteiger charge is -2.34. The van der Waals surface area contributed by atoms with Gasteiger partial charge in [0.05, 0.1) is 22.7 Å². The monoisotopic (exact) mass is 647 g/mol. The van der Waals surface area contributed by atoms with E-state index in [-0.39, 0.29) is 40.5 Å². The third kappa shape index (κ3) is 8.44. The highest BCUT2D eigenvalue weighted by Gasteiger charge is 2.35. The summed E-state index contributed by atoms with van der Waals surface area (Å²) in [5.41, 5.74) is 2.82. The van der Waals surface area contributed by atoms with Crippen LogP contribution in [0.5, 0.6) is 5.75 Å². The first-order valence-electron chi connectivity index (χ1n) is 14.6. The molecule has 236 valence electrons. The minimum Gasteiger partial charge on any atom is -0.495 e. The van der Waals surface area contributed by atoms with Crippen molar-refractivity contribution in [3.05, 3.63) is 125 Å². The number of aryl methyl sites for hydroxylation is 1. The fraction of sp³-hybridized carbons (Fsp3) is 0.257. The highest BCUT2D eigenvalue weighted by molar-refractivity contribution is 7.92. The van der Waals surface area contributed by atoms with Crippen molar-refractivity contribution in [3.63, 3.8) is 0 Å². The summed E-state index contributed by atoms with van der Waals surface area (Å²) in [5, 5.41) is 3.15. The van der Waals surface area contributed by atoms with Gasteiger partial charge in [0.2, 0.25) is 11.8 Å². The largest absolute Gasteiger partial charge is 0.495 e. The number of halogens is 1. The quantitative estimate of drug-likeness (QED) is 0.192. The molecule has 0 aliphatic carbocycles. The van der Waals surface area contributed by atoms with E-state index in [1.807, 2.05) is 75.4 Å². The Morgan fingerprint density at radius 3 is 2.11 bits per heavy atom. The smallest absolute Gasteiger partial charge is 0.264 e. The molecule has 0 bridgehead atoms. The summed E-state index contributed by atoms with van der Waals surface area (Å²) >= 11 is 6.43. The van der Waals surface area contributed by atoms with Crippen molar-refractivity contribution in [2.45, 2.75) is 50.7 Å². The minimum absolute atomic E-state index is 0.00795. The summed E-state index contributed by atoms with van der Waals surface area (Å²) < 4.78 is 34.5. The van der Waals surface area contributed by atoms with Crippen LogP contribution < -0.4 is 14.4 Å². The van der Waals surface area contributed by atoms with E-state index < -0.39 is 28.5 Å². The normalized spacial score (nSPS) is 12.0. The molecule has 4 aromatic carbocycles. The average Bonchev–Trinajstić information content (AvgIpc) is 3.02. The molecule has 1 atom stereocenters. The topological polar surface area (TPSA) is 96.0 Å². The number of rotatable bonds is 13. The Hall–Kier alpha value is -4.34. The van der Waals surface area contributed by atoms with Crippen molar-refractivity contribution < 1.29 is 22.7 Å². The number of methoxy groups -OCH3 is 1. The molecule has 0 radical (unpaired) electrons. The average molecular weight is 648 g/mol. The molecule has 4 rings (SSSR count). The van der Waals surface area contributed by atoms with Gasteiger partial charge in [-0.25, -0.2) is 8.42 Å². The molecule has 0 aliphatic heterocycles. The van der Waals surface area contributed by atoms with Gasteiger partial charge in [-0.3, -0.25) is 13.9 Å². The van der Waals surface area contributed by atoms with E-state index in [0.29, 0.717) is 5.75 Å². The predicted molar refractivity (Wildman–Crippen MR) is 178 cm³/mol. The van der Waals surface area contributed by atoms with Crippen molar-refractivity contribution >= 4 is 39.1 Å². The predicted octanol–water partition coefficient (Wildman–Crippen LogP) is 6.02. The number of sulfonamides is 1. The lowest BCUT2D eigenvalue weighted by atomic mass is 10.0. The second-order valence-electron chi connectivity index (χ2n) is 11.0. The van der Waals surface area contributed by atoms with Crippen LogP contribution in [0, 0.1) is 6.92 Å². The Morgan fingerprint density at radius 2 is 1.51 bits per heavy atom. The number of carbonyl (C=O) groups is 2. The fourth-order valence-corrected chi connectivity index (χ4v) is 6.64. The lowest BCUT2D eigenvalue weighted by Crippen LogP contribution is -2.54. The number of ether oxygens (including phenoxy) is 1. The van der Waals surface area contributed by atoms with Crippen LogP contribution in [0.4, 0.5) is 5.69 Å². The van der Waals surface area contributed by atoms with Gasteiger partial charge < -0.3 is 15.0 Å². The van der Waals surface area contributed by atoms with Gasteiger partial charge in [-0.15, -0.1) is 0 Å². The Balaban J connectivity index is 1.83. The van der Waals surface area contributed by atoms with Crippen LogP contribution in [0.25, 0.3) is 0 Å². The molecule has 0 aliphatic rings. The van der Waals surface area contributed by atoms with Gasteiger partial charge in [0.15, 0.2) is 0 Å². The molecule has 1 unspecified atom stereocenters. The van der Waals surface area contributed by atoms with Crippen LogP contribution in [0.1, 0.15) is 30.5 Å². The summed E-state index contributed by atoms with van der Waals surface area (Å²) in [7, 11) is -2.78. The van der Waals surface area contributed by atoms with Crippen LogP contribution in [0.15, 0.2) is 108 Å². The standard InChI is InChI=1S/C35H38ClN3O5S/c1-25(2)37-35(41)32(21-27-14-7-5-8-15-27)38(23-28-16-12-11-13-26(28)3)34(40)24-39(29-19-20-33(44-4)31(36)22-29)45(42,43)30-17-9-6-10-18-30/h5-20,22,25,32H,21,23-24H2,1-4H3,(H,37,41). The zero-order valence-corrected chi connectivity index (χ0v) is 27.4. The van der Waals surface area contributed by atoms with Crippen molar-refractivity contribution in [2.75, 3.05) is 18.0 Å². The Labute approximate surface area is 270 Å². The number of hydrogen-bond acceptors (Lipinski definition) is 5. The van der Waals surface area contributed by atoms with E-state index in [2.05, 4.69) is 5.32 Å². The summed E-state index contributed by atoms with van der Waals surface area (Å²) in [6, 6.07) is 28.4.